The molecule has 1 atom stereocenters. The van der Waals surface area contributed by atoms with Crippen molar-refractivity contribution in [1.82, 2.24) is 4.90 Å². The Morgan fingerprint density at radius 2 is 1.83 bits per heavy atom. The first-order valence-corrected chi connectivity index (χ1v) is 7.52. The Bertz CT molecular complexity index is 735. The summed E-state index contributed by atoms with van der Waals surface area (Å²) in [6.07, 6.45) is -0.460. The number of amides is 1. The van der Waals surface area contributed by atoms with Crippen molar-refractivity contribution in [2.45, 2.75) is 12.6 Å². The molecule has 0 aromatic heterocycles. The fraction of sp³-hybridized carbons (Fsp3) is 0.278. The average molecular weight is 331 g/mol. The van der Waals surface area contributed by atoms with Gasteiger partial charge in [-0.3, -0.25) is 4.90 Å². The van der Waals surface area contributed by atoms with Crippen LogP contribution in [0.2, 0.25) is 0 Å². The van der Waals surface area contributed by atoms with Gasteiger partial charge in [-0.1, -0.05) is 30.3 Å². The van der Waals surface area contributed by atoms with Crippen LogP contribution in [0.5, 0.6) is 11.5 Å². The van der Waals surface area contributed by atoms with E-state index >= 15 is 0 Å². The number of nitrogens with zero attached hydrogens (tertiary/aromatic N) is 1. The Labute approximate surface area is 139 Å². The van der Waals surface area contributed by atoms with Crippen molar-refractivity contribution in [2.24, 2.45) is 0 Å². The number of hydrogen-bond donors (Lipinski definition) is 0. The van der Waals surface area contributed by atoms with E-state index in [1.165, 1.54) is 25.2 Å². The number of methoxy groups -OCH3 is 2. The third kappa shape index (κ3) is 2.99. The number of hydrogen-bond acceptors (Lipinski definition) is 4. The Hall–Kier alpha value is -2.76. The van der Waals surface area contributed by atoms with E-state index in [-0.39, 0.29) is 19.2 Å². The van der Waals surface area contributed by atoms with Crippen molar-refractivity contribution in [2.75, 3.05) is 20.8 Å². The normalized spacial score (nSPS) is 16.9. The number of halogens is 1. The van der Waals surface area contributed by atoms with Crippen LogP contribution in [0.25, 0.3) is 0 Å². The summed E-state index contributed by atoms with van der Waals surface area (Å²) < 4.78 is 29.8. The number of cyclic esters (lactones) is 1. The van der Waals surface area contributed by atoms with Gasteiger partial charge in [0.05, 0.1) is 26.8 Å². The smallest absolute Gasteiger partial charge is 0.410 e. The van der Waals surface area contributed by atoms with Crippen LogP contribution in [0.3, 0.4) is 0 Å². The molecule has 1 aliphatic rings. The monoisotopic (exact) mass is 331 g/mol. The molecule has 6 heteroatoms. The summed E-state index contributed by atoms with van der Waals surface area (Å²) in [6, 6.07) is 12.1. The highest BCUT2D eigenvalue weighted by atomic mass is 19.1. The number of benzene rings is 2. The summed E-state index contributed by atoms with van der Waals surface area (Å²) in [7, 11) is 2.93. The third-order valence-corrected chi connectivity index (χ3v) is 4.05. The van der Waals surface area contributed by atoms with Gasteiger partial charge < -0.3 is 14.2 Å². The zero-order chi connectivity index (χ0) is 17.1. The molecule has 126 valence electrons. The molecule has 2 aromatic rings. The zero-order valence-electron chi connectivity index (χ0n) is 13.5. The summed E-state index contributed by atoms with van der Waals surface area (Å²) in [5, 5.41) is 0. The molecule has 3 rings (SSSR count). The number of carbonyl (C=O) groups excluding carboxylic acids is 1. The summed E-state index contributed by atoms with van der Waals surface area (Å²) in [6.45, 7) is 0.336. The quantitative estimate of drug-likeness (QED) is 0.841. The molecule has 0 spiro atoms. The second-order valence-corrected chi connectivity index (χ2v) is 5.43. The van der Waals surface area contributed by atoms with Gasteiger partial charge in [0.25, 0.3) is 0 Å². The van der Waals surface area contributed by atoms with Crippen LogP contribution >= 0.6 is 0 Å². The highest BCUT2D eigenvalue weighted by Crippen LogP contribution is 2.34. The van der Waals surface area contributed by atoms with E-state index in [1.54, 1.807) is 6.07 Å². The molecule has 1 fully saturated rings. The summed E-state index contributed by atoms with van der Waals surface area (Å²) in [4.78, 5) is 13.6. The van der Waals surface area contributed by atoms with Gasteiger partial charge in [0, 0.05) is 11.6 Å². The van der Waals surface area contributed by atoms with E-state index in [4.69, 9.17) is 14.2 Å². The molecule has 1 aliphatic heterocycles. The highest BCUT2D eigenvalue weighted by Gasteiger charge is 2.34. The fourth-order valence-electron chi connectivity index (χ4n) is 2.78. The molecule has 1 saturated heterocycles. The van der Waals surface area contributed by atoms with Crippen molar-refractivity contribution in [3.05, 3.63) is 59.4 Å². The fourth-order valence-corrected chi connectivity index (χ4v) is 2.78. The Morgan fingerprint density at radius 3 is 2.50 bits per heavy atom. The number of ether oxygens (including phenoxy) is 3. The van der Waals surface area contributed by atoms with Crippen LogP contribution in [-0.2, 0) is 11.3 Å². The van der Waals surface area contributed by atoms with E-state index in [0.717, 1.165) is 5.56 Å². The minimum atomic E-state index is -0.460. The first-order valence-electron chi connectivity index (χ1n) is 7.52. The lowest BCUT2D eigenvalue weighted by molar-refractivity contribution is 0.156. The second kappa shape index (κ2) is 6.78. The van der Waals surface area contributed by atoms with Crippen molar-refractivity contribution in [3.63, 3.8) is 0 Å². The molecule has 2 aromatic carbocycles. The SMILES string of the molecule is COc1cc(F)c(CN2C(=O)OCC2c2ccccc2)cc1OC. The van der Waals surface area contributed by atoms with Crippen LogP contribution in [0, 0.1) is 5.82 Å². The standard InChI is InChI=1S/C18H18FNO4/c1-22-16-8-13(14(19)9-17(16)23-2)10-20-15(11-24-18(20)21)12-6-4-3-5-7-12/h3-9,15H,10-11H2,1-2H3. The van der Waals surface area contributed by atoms with E-state index in [1.807, 2.05) is 30.3 Å². The molecule has 0 N–H and O–H groups in total. The molecular formula is C18H18FNO4. The average Bonchev–Trinajstić information content (AvgIpc) is 2.97. The van der Waals surface area contributed by atoms with Crippen molar-refractivity contribution in [3.8, 4) is 11.5 Å². The minimum absolute atomic E-state index is 0.0879. The number of rotatable bonds is 5. The van der Waals surface area contributed by atoms with Gasteiger partial charge in [0.2, 0.25) is 0 Å². The first-order chi connectivity index (χ1) is 11.6. The lowest BCUT2D eigenvalue weighted by atomic mass is 10.1. The van der Waals surface area contributed by atoms with Gasteiger partial charge in [0.15, 0.2) is 11.5 Å². The first kappa shape index (κ1) is 16.1. The van der Waals surface area contributed by atoms with E-state index in [0.29, 0.717) is 17.1 Å². The second-order valence-electron chi connectivity index (χ2n) is 5.43. The van der Waals surface area contributed by atoms with Gasteiger partial charge in [-0.15, -0.1) is 0 Å². The van der Waals surface area contributed by atoms with E-state index < -0.39 is 11.9 Å². The van der Waals surface area contributed by atoms with Gasteiger partial charge >= 0.3 is 6.09 Å². The molecule has 0 radical (unpaired) electrons. The Balaban J connectivity index is 1.90. The zero-order valence-corrected chi connectivity index (χ0v) is 13.5. The maximum atomic E-state index is 14.3. The molecule has 1 unspecified atom stereocenters. The number of carbonyl (C=O) groups is 1. The maximum Gasteiger partial charge on any atom is 0.410 e. The molecule has 1 amide bonds. The summed E-state index contributed by atoms with van der Waals surface area (Å²) in [5.41, 5.74) is 1.29. The Morgan fingerprint density at radius 1 is 1.17 bits per heavy atom. The molecule has 5 nitrogen and oxygen atoms in total. The predicted molar refractivity (Wildman–Crippen MR) is 85.6 cm³/mol. The van der Waals surface area contributed by atoms with Crippen molar-refractivity contribution in [1.29, 1.82) is 0 Å². The maximum absolute atomic E-state index is 14.3. The minimum Gasteiger partial charge on any atom is -0.493 e. The molecule has 0 saturated carbocycles. The Kier molecular flexibility index (Phi) is 4.55. The summed E-state index contributed by atoms with van der Waals surface area (Å²) in [5.74, 6) is 0.263. The lowest BCUT2D eigenvalue weighted by Gasteiger charge is -2.22. The topological polar surface area (TPSA) is 48.0 Å². The van der Waals surface area contributed by atoms with E-state index in [9.17, 15) is 9.18 Å². The largest absolute Gasteiger partial charge is 0.493 e. The highest BCUT2D eigenvalue weighted by molar-refractivity contribution is 5.70. The molecule has 0 bridgehead atoms. The summed E-state index contributed by atoms with van der Waals surface area (Å²) >= 11 is 0. The van der Waals surface area contributed by atoms with Gasteiger partial charge in [-0.25, -0.2) is 9.18 Å². The van der Waals surface area contributed by atoms with Crippen molar-refractivity contribution >= 4 is 6.09 Å². The van der Waals surface area contributed by atoms with Gasteiger partial charge in [-0.05, 0) is 11.6 Å². The van der Waals surface area contributed by atoms with Crippen LogP contribution in [0.1, 0.15) is 17.2 Å². The molecule has 24 heavy (non-hydrogen) atoms. The van der Waals surface area contributed by atoms with Crippen LogP contribution < -0.4 is 9.47 Å². The van der Waals surface area contributed by atoms with Crippen LogP contribution in [0.4, 0.5) is 9.18 Å². The van der Waals surface area contributed by atoms with Gasteiger partial charge in [0.1, 0.15) is 12.4 Å². The van der Waals surface area contributed by atoms with Crippen LogP contribution in [-0.4, -0.2) is 31.8 Å². The third-order valence-electron chi connectivity index (χ3n) is 4.05. The predicted octanol–water partition coefficient (Wildman–Crippen LogP) is 3.54. The van der Waals surface area contributed by atoms with Crippen LogP contribution in [0.15, 0.2) is 42.5 Å². The van der Waals surface area contributed by atoms with Gasteiger partial charge in [-0.2, -0.15) is 0 Å². The molecular weight excluding hydrogens is 313 g/mol. The lowest BCUT2D eigenvalue weighted by Crippen LogP contribution is -2.27. The molecule has 0 aliphatic carbocycles. The van der Waals surface area contributed by atoms with E-state index in [2.05, 4.69) is 0 Å². The van der Waals surface area contributed by atoms with Crippen molar-refractivity contribution < 1.29 is 23.4 Å². The molecule has 1 heterocycles.